The summed E-state index contributed by atoms with van der Waals surface area (Å²) in [5, 5.41) is 1.75. The Hall–Kier alpha value is -2.06. The number of rotatable bonds is 1. The maximum atomic E-state index is 11.9. The Morgan fingerprint density at radius 1 is 1.05 bits per heavy atom. The first-order valence-corrected chi connectivity index (χ1v) is 6.42. The van der Waals surface area contributed by atoms with Crippen LogP contribution in [0, 0.1) is 0 Å². The molecule has 0 aliphatic heterocycles. The molecule has 0 unspecified atom stereocenters. The molecule has 3 heteroatoms. The fourth-order valence-electron chi connectivity index (χ4n) is 2.33. The van der Waals surface area contributed by atoms with Crippen LogP contribution in [0.5, 0.6) is 0 Å². The lowest BCUT2D eigenvalue weighted by atomic mass is 10.1. The number of nitrogens with zero attached hydrogens (tertiary/aromatic N) is 1. The van der Waals surface area contributed by atoms with Gasteiger partial charge in [-0.05, 0) is 29.8 Å². The Bertz CT molecular complexity index is 756. The molecule has 3 rings (SSSR count). The lowest BCUT2D eigenvalue weighted by Gasteiger charge is -2.06. The summed E-state index contributed by atoms with van der Waals surface area (Å²) in [6.07, 6.45) is 0. The summed E-state index contributed by atoms with van der Waals surface area (Å²) in [5.41, 5.74) is 2.81. The minimum Gasteiger partial charge on any atom is -0.280 e. The molecular formula is C16H12ClNO. The van der Waals surface area contributed by atoms with E-state index < -0.39 is 0 Å². The number of para-hydroxylation sites is 1. The van der Waals surface area contributed by atoms with Crippen LogP contribution in [0.25, 0.3) is 22.2 Å². The first kappa shape index (κ1) is 12.0. The van der Waals surface area contributed by atoms with E-state index in [1.807, 2.05) is 54.6 Å². The van der Waals surface area contributed by atoms with Crippen molar-refractivity contribution in [1.82, 2.24) is 4.57 Å². The summed E-state index contributed by atoms with van der Waals surface area (Å²) >= 11 is 5.91. The van der Waals surface area contributed by atoms with Crippen molar-refractivity contribution in [3.63, 3.8) is 0 Å². The molecule has 3 aromatic rings. The summed E-state index contributed by atoms with van der Waals surface area (Å²) in [6, 6.07) is 17.4. The minimum atomic E-state index is 0.00569. The van der Waals surface area contributed by atoms with Crippen LogP contribution in [0.2, 0.25) is 5.02 Å². The van der Waals surface area contributed by atoms with E-state index in [9.17, 15) is 4.79 Å². The van der Waals surface area contributed by atoms with Gasteiger partial charge in [-0.25, -0.2) is 0 Å². The van der Waals surface area contributed by atoms with Crippen LogP contribution in [0.15, 0.2) is 54.6 Å². The van der Waals surface area contributed by atoms with Crippen molar-refractivity contribution in [1.29, 1.82) is 0 Å². The molecule has 0 amide bonds. The molecule has 0 aliphatic rings. The molecular weight excluding hydrogens is 258 g/mol. The van der Waals surface area contributed by atoms with Gasteiger partial charge in [0.2, 0.25) is 5.91 Å². The normalized spacial score (nSPS) is 10.8. The number of fused-ring (bicyclic) bond motifs is 1. The quantitative estimate of drug-likeness (QED) is 0.632. The maximum absolute atomic E-state index is 11.9. The van der Waals surface area contributed by atoms with E-state index in [0.29, 0.717) is 5.02 Å². The molecule has 2 nitrogen and oxygen atoms in total. The van der Waals surface area contributed by atoms with Crippen molar-refractivity contribution >= 4 is 28.4 Å². The topological polar surface area (TPSA) is 22.0 Å². The number of carbonyl (C=O) groups is 1. The zero-order valence-electron chi connectivity index (χ0n) is 10.4. The molecule has 0 saturated carbocycles. The van der Waals surface area contributed by atoms with E-state index >= 15 is 0 Å². The van der Waals surface area contributed by atoms with E-state index in [4.69, 9.17) is 11.6 Å². The highest BCUT2D eigenvalue weighted by Crippen LogP contribution is 2.28. The van der Waals surface area contributed by atoms with E-state index in [-0.39, 0.29) is 5.91 Å². The van der Waals surface area contributed by atoms with Crippen molar-refractivity contribution < 1.29 is 4.79 Å². The SMILES string of the molecule is CC(=O)n1c(-c2ccc(Cl)cc2)cc2ccccc21. The molecule has 0 radical (unpaired) electrons. The lowest BCUT2D eigenvalue weighted by molar-refractivity contribution is 0.0943. The van der Waals surface area contributed by atoms with Crippen molar-refractivity contribution in [2.45, 2.75) is 6.92 Å². The van der Waals surface area contributed by atoms with Gasteiger partial charge < -0.3 is 0 Å². The third-order valence-corrected chi connectivity index (χ3v) is 3.42. The van der Waals surface area contributed by atoms with Gasteiger partial charge in [-0.3, -0.25) is 9.36 Å². The molecule has 0 fully saturated rings. The summed E-state index contributed by atoms with van der Waals surface area (Å²) in [6.45, 7) is 1.58. The highest BCUT2D eigenvalue weighted by molar-refractivity contribution is 6.30. The predicted molar refractivity (Wildman–Crippen MR) is 78.7 cm³/mol. The average molecular weight is 270 g/mol. The van der Waals surface area contributed by atoms with Crippen LogP contribution in [-0.2, 0) is 0 Å². The van der Waals surface area contributed by atoms with Crippen LogP contribution in [-0.4, -0.2) is 10.5 Å². The molecule has 0 saturated heterocycles. The Balaban J connectivity index is 2.31. The second-order valence-corrected chi connectivity index (χ2v) is 4.89. The van der Waals surface area contributed by atoms with Crippen molar-refractivity contribution in [2.24, 2.45) is 0 Å². The fraction of sp³-hybridized carbons (Fsp3) is 0.0625. The average Bonchev–Trinajstić information content (AvgIpc) is 2.78. The summed E-state index contributed by atoms with van der Waals surface area (Å²) in [5.74, 6) is 0.00569. The Morgan fingerprint density at radius 2 is 1.74 bits per heavy atom. The number of carbonyl (C=O) groups excluding carboxylic acids is 1. The Kier molecular flexibility index (Phi) is 2.88. The van der Waals surface area contributed by atoms with Crippen LogP contribution in [0.1, 0.15) is 11.7 Å². The van der Waals surface area contributed by atoms with Crippen LogP contribution >= 0.6 is 11.6 Å². The zero-order chi connectivity index (χ0) is 13.4. The molecule has 19 heavy (non-hydrogen) atoms. The lowest BCUT2D eigenvalue weighted by Crippen LogP contribution is -2.06. The van der Waals surface area contributed by atoms with Crippen LogP contribution in [0.3, 0.4) is 0 Å². The highest BCUT2D eigenvalue weighted by Gasteiger charge is 2.12. The number of hydrogen-bond donors (Lipinski definition) is 0. The Labute approximate surface area is 116 Å². The monoisotopic (exact) mass is 269 g/mol. The molecule has 0 aliphatic carbocycles. The molecule has 0 N–H and O–H groups in total. The molecule has 1 heterocycles. The van der Waals surface area contributed by atoms with E-state index in [1.165, 1.54) is 0 Å². The van der Waals surface area contributed by atoms with E-state index in [1.54, 1.807) is 11.5 Å². The van der Waals surface area contributed by atoms with Crippen molar-refractivity contribution in [3.05, 3.63) is 59.6 Å². The number of aromatic nitrogens is 1. The zero-order valence-corrected chi connectivity index (χ0v) is 11.2. The molecule has 0 atom stereocenters. The third-order valence-electron chi connectivity index (χ3n) is 3.17. The first-order valence-electron chi connectivity index (χ1n) is 6.04. The molecule has 2 aromatic carbocycles. The molecule has 0 spiro atoms. The minimum absolute atomic E-state index is 0.00569. The predicted octanol–water partition coefficient (Wildman–Crippen LogP) is 4.62. The van der Waals surface area contributed by atoms with Crippen molar-refractivity contribution in [3.8, 4) is 11.3 Å². The van der Waals surface area contributed by atoms with Gasteiger partial charge in [0.25, 0.3) is 0 Å². The van der Waals surface area contributed by atoms with Gasteiger partial charge in [-0.2, -0.15) is 0 Å². The molecule has 0 bridgehead atoms. The van der Waals surface area contributed by atoms with Crippen LogP contribution in [0.4, 0.5) is 0 Å². The molecule has 1 aromatic heterocycles. The third kappa shape index (κ3) is 2.04. The van der Waals surface area contributed by atoms with Crippen LogP contribution < -0.4 is 0 Å². The Morgan fingerprint density at radius 3 is 2.42 bits per heavy atom. The highest BCUT2D eigenvalue weighted by atomic mass is 35.5. The van der Waals surface area contributed by atoms with E-state index in [2.05, 4.69) is 0 Å². The second kappa shape index (κ2) is 4.56. The van der Waals surface area contributed by atoms with Gasteiger partial charge in [-0.1, -0.05) is 41.9 Å². The van der Waals surface area contributed by atoms with Gasteiger partial charge in [0, 0.05) is 17.3 Å². The fourth-order valence-corrected chi connectivity index (χ4v) is 2.45. The smallest absolute Gasteiger partial charge is 0.228 e. The standard InChI is InChI=1S/C16H12ClNO/c1-11(19)18-15-5-3-2-4-13(15)10-16(18)12-6-8-14(17)9-7-12/h2-10H,1H3. The number of halogens is 1. The van der Waals surface area contributed by atoms with Gasteiger partial charge in [0.05, 0.1) is 11.2 Å². The first-order chi connectivity index (χ1) is 9.16. The summed E-state index contributed by atoms with van der Waals surface area (Å²) in [4.78, 5) is 11.9. The maximum Gasteiger partial charge on any atom is 0.228 e. The van der Waals surface area contributed by atoms with Crippen molar-refractivity contribution in [2.75, 3.05) is 0 Å². The summed E-state index contributed by atoms with van der Waals surface area (Å²) < 4.78 is 1.73. The van der Waals surface area contributed by atoms with E-state index in [0.717, 1.165) is 22.2 Å². The van der Waals surface area contributed by atoms with Gasteiger partial charge in [0.15, 0.2) is 0 Å². The number of hydrogen-bond acceptors (Lipinski definition) is 1. The van der Waals surface area contributed by atoms with Gasteiger partial charge in [0.1, 0.15) is 0 Å². The summed E-state index contributed by atoms with van der Waals surface area (Å²) in [7, 11) is 0. The second-order valence-electron chi connectivity index (χ2n) is 4.45. The molecule has 94 valence electrons. The van der Waals surface area contributed by atoms with Gasteiger partial charge in [-0.15, -0.1) is 0 Å². The number of benzene rings is 2. The largest absolute Gasteiger partial charge is 0.280 e. The van der Waals surface area contributed by atoms with Gasteiger partial charge >= 0.3 is 0 Å².